The second-order valence-corrected chi connectivity index (χ2v) is 2.05. The number of azo groups is 1. The average Bonchev–Trinajstić information content (AvgIpc) is 2.03. The van der Waals surface area contributed by atoms with Gasteiger partial charge in [-0.15, -0.1) is 0 Å². The first-order valence-corrected chi connectivity index (χ1v) is 3.50. The molecule has 0 heterocycles. The number of phenols is 1. The Labute approximate surface area is 65.4 Å². The average molecular weight is 150 g/mol. The SMILES string of the molecule is CCN=Nc1ccccc1O. The molecule has 0 aliphatic heterocycles. The van der Waals surface area contributed by atoms with E-state index in [1.807, 2.05) is 13.0 Å². The molecule has 0 amide bonds. The topological polar surface area (TPSA) is 45.0 Å². The highest BCUT2D eigenvalue weighted by atomic mass is 16.3. The van der Waals surface area contributed by atoms with Crippen LogP contribution < -0.4 is 0 Å². The molecule has 1 rings (SSSR count). The van der Waals surface area contributed by atoms with Crippen molar-refractivity contribution in [1.29, 1.82) is 0 Å². The molecule has 0 aromatic heterocycles. The van der Waals surface area contributed by atoms with Crippen molar-refractivity contribution in [2.24, 2.45) is 10.2 Å². The highest BCUT2D eigenvalue weighted by Gasteiger charge is 1.94. The van der Waals surface area contributed by atoms with Crippen molar-refractivity contribution in [2.45, 2.75) is 6.92 Å². The molecule has 0 spiro atoms. The second kappa shape index (κ2) is 3.71. The molecule has 0 radical (unpaired) electrons. The van der Waals surface area contributed by atoms with Crippen LogP contribution in [0.25, 0.3) is 0 Å². The van der Waals surface area contributed by atoms with Gasteiger partial charge < -0.3 is 5.11 Å². The second-order valence-electron chi connectivity index (χ2n) is 2.05. The van der Waals surface area contributed by atoms with Crippen LogP contribution in [0.2, 0.25) is 0 Å². The van der Waals surface area contributed by atoms with Crippen molar-refractivity contribution in [3.63, 3.8) is 0 Å². The van der Waals surface area contributed by atoms with Gasteiger partial charge in [-0.25, -0.2) is 0 Å². The van der Waals surface area contributed by atoms with Crippen LogP contribution in [-0.2, 0) is 0 Å². The molecule has 3 nitrogen and oxygen atoms in total. The van der Waals surface area contributed by atoms with Crippen LogP contribution in [0.1, 0.15) is 6.92 Å². The lowest BCUT2D eigenvalue weighted by molar-refractivity contribution is 0.476. The van der Waals surface area contributed by atoms with Crippen LogP contribution in [0.3, 0.4) is 0 Å². The van der Waals surface area contributed by atoms with Gasteiger partial charge in [0.1, 0.15) is 11.4 Å². The van der Waals surface area contributed by atoms with Gasteiger partial charge in [-0.3, -0.25) is 0 Å². The molecule has 0 saturated heterocycles. The smallest absolute Gasteiger partial charge is 0.143 e. The predicted octanol–water partition coefficient (Wildman–Crippen LogP) is 2.50. The quantitative estimate of drug-likeness (QED) is 0.647. The summed E-state index contributed by atoms with van der Waals surface area (Å²) in [6.45, 7) is 2.53. The Morgan fingerprint density at radius 3 is 2.73 bits per heavy atom. The zero-order valence-electron chi connectivity index (χ0n) is 6.36. The molecule has 0 unspecified atom stereocenters. The number of nitrogens with zero attached hydrogens (tertiary/aromatic N) is 2. The molecule has 0 aliphatic carbocycles. The molecule has 1 aromatic carbocycles. The van der Waals surface area contributed by atoms with Crippen LogP contribution >= 0.6 is 0 Å². The molecule has 0 fully saturated rings. The summed E-state index contributed by atoms with van der Waals surface area (Å²) in [5.74, 6) is 0.171. The highest BCUT2D eigenvalue weighted by Crippen LogP contribution is 2.24. The summed E-state index contributed by atoms with van der Waals surface area (Å²) < 4.78 is 0. The van der Waals surface area contributed by atoms with E-state index in [2.05, 4.69) is 10.2 Å². The Kier molecular flexibility index (Phi) is 2.60. The number of rotatable bonds is 2. The van der Waals surface area contributed by atoms with Gasteiger partial charge in [-0.1, -0.05) is 12.1 Å². The van der Waals surface area contributed by atoms with Crippen molar-refractivity contribution < 1.29 is 5.11 Å². The van der Waals surface area contributed by atoms with E-state index < -0.39 is 0 Å². The zero-order valence-corrected chi connectivity index (χ0v) is 6.36. The summed E-state index contributed by atoms with van der Waals surface area (Å²) >= 11 is 0. The van der Waals surface area contributed by atoms with Crippen molar-refractivity contribution in [3.8, 4) is 5.75 Å². The molecule has 1 aromatic rings. The molecule has 11 heavy (non-hydrogen) atoms. The molecule has 0 atom stereocenters. The van der Waals surface area contributed by atoms with E-state index in [4.69, 9.17) is 0 Å². The molecular weight excluding hydrogens is 140 g/mol. The van der Waals surface area contributed by atoms with Crippen LogP contribution in [0.15, 0.2) is 34.5 Å². The maximum absolute atomic E-state index is 9.18. The summed E-state index contributed by atoms with van der Waals surface area (Å²) in [5.41, 5.74) is 0.523. The zero-order chi connectivity index (χ0) is 8.10. The molecule has 0 saturated carbocycles. The minimum atomic E-state index is 0.171. The first kappa shape index (κ1) is 7.72. The van der Waals surface area contributed by atoms with Crippen molar-refractivity contribution >= 4 is 5.69 Å². The summed E-state index contributed by atoms with van der Waals surface area (Å²) in [5, 5.41) is 16.8. The van der Waals surface area contributed by atoms with Gasteiger partial charge in [0.15, 0.2) is 0 Å². The Balaban J connectivity index is 2.86. The number of benzene rings is 1. The Morgan fingerprint density at radius 1 is 1.36 bits per heavy atom. The summed E-state index contributed by atoms with van der Waals surface area (Å²) in [4.78, 5) is 0. The van der Waals surface area contributed by atoms with Gasteiger partial charge in [0, 0.05) is 0 Å². The van der Waals surface area contributed by atoms with Gasteiger partial charge in [0.2, 0.25) is 0 Å². The predicted molar refractivity (Wildman–Crippen MR) is 43.2 cm³/mol. The Morgan fingerprint density at radius 2 is 2.09 bits per heavy atom. The molecule has 3 heteroatoms. The standard InChI is InChI=1S/C8H10N2O/c1-2-9-10-7-5-3-4-6-8(7)11/h3-6,11H,2H2,1H3. The number of aromatic hydroxyl groups is 1. The van der Waals surface area contributed by atoms with Crippen LogP contribution in [0, 0.1) is 0 Å². The Hall–Kier alpha value is -1.38. The first-order valence-electron chi connectivity index (χ1n) is 3.50. The van der Waals surface area contributed by atoms with E-state index in [-0.39, 0.29) is 5.75 Å². The van der Waals surface area contributed by atoms with Crippen molar-refractivity contribution in [1.82, 2.24) is 0 Å². The van der Waals surface area contributed by atoms with E-state index in [0.717, 1.165) is 0 Å². The van der Waals surface area contributed by atoms with Gasteiger partial charge in [0.05, 0.1) is 6.54 Å². The fourth-order valence-electron chi connectivity index (χ4n) is 0.696. The van der Waals surface area contributed by atoms with Crippen molar-refractivity contribution in [3.05, 3.63) is 24.3 Å². The normalized spacial score (nSPS) is 10.6. The van der Waals surface area contributed by atoms with Gasteiger partial charge in [-0.2, -0.15) is 10.2 Å². The lowest BCUT2D eigenvalue weighted by Gasteiger charge is -1.93. The fourth-order valence-corrected chi connectivity index (χ4v) is 0.696. The largest absolute Gasteiger partial charge is 0.506 e. The number of hydrogen-bond donors (Lipinski definition) is 1. The van der Waals surface area contributed by atoms with E-state index >= 15 is 0 Å². The number of phenolic OH excluding ortho intramolecular Hbond substituents is 1. The summed E-state index contributed by atoms with van der Waals surface area (Å²) in [7, 11) is 0. The summed E-state index contributed by atoms with van der Waals surface area (Å²) in [6.07, 6.45) is 0. The third-order valence-electron chi connectivity index (χ3n) is 1.20. The van der Waals surface area contributed by atoms with Crippen LogP contribution in [0.4, 0.5) is 5.69 Å². The number of para-hydroxylation sites is 1. The third kappa shape index (κ3) is 2.04. The van der Waals surface area contributed by atoms with Crippen LogP contribution in [-0.4, -0.2) is 11.7 Å². The van der Waals surface area contributed by atoms with E-state index in [0.29, 0.717) is 12.2 Å². The molecule has 0 aliphatic rings. The first-order chi connectivity index (χ1) is 5.34. The fraction of sp³-hybridized carbons (Fsp3) is 0.250. The van der Waals surface area contributed by atoms with E-state index in [9.17, 15) is 5.11 Å². The monoisotopic (exact) mass is 150 g/mol. The van der Waals surface area contributed by atoms with E-state index in [1.165, 1.54) is 0 Å². The molecular formula is C8H10N2O. The Bertz CT molecular complexity index is 258. The van der Waals surface area contributed by atoms with Crippen molar-refractivity contribution in [2.75, 3.05) is 6.54 Å². The maximum Gasteiger partial charge on any atom is 0.143 e. The van der Waals surface area contributed by atoms with Gasteiger partial charge >= 0.3 is 0 Å². The summed E-state index contributed by atoms with van der Waals surface area (Å²) in [6, 6.07) is 6.86. The maximum atomic E-state index is 9.18. The molecule has 58 valence electrons. The molecule has 0 bridgehead atoms. The highest BCUT2D eigenvalue weighted by molar-refractivity contribution is 5.49. The minimum Gasteiger partial charge on any atom is -0.506 e. The van der Waals surface area contributed by atoms with Gasteiger partial charge in [0.25, 0.3) is 0 Å². The van der Waals surface area contributed by atoms with Gasteiger partial charge in [-0.05, 0) is 19.1 Å². The lowest BCUT2D eigenvalue weighted by Crippen LogP contribution is -1.67. The third-order valence-corrected chi connectivity index (χ3v) is 1.20. The van der Waals surface area contributed by atoms with E-state index in [1.54, 1.807) is 18.2 Å². The number of hydrogen-bond acceptors (Lipinski definition) is 3. The lowest BCUT2D eigenvalue weighted by atomic mass is 10.3. The minimum absolute atomic E-state index is 0.171. The molecule has 1 N–H and O–H groups in total. The van der Waals surface area contributed by atoms with Crippen LogP contribution in [0.5, 0.6) is 5.75 Å².